The third-order valence-corrected chi connectivity index (χ3v) is 3.07. The van der Waals surface area contributed by atoms with Crippen LogP contribution in [0.25, 0.3) is 16.6 Å². The van der Waals surface area contributed by atoms with Gasteiger partial charge in [-0.25, -0.2) is 18.0 Å². The van der Waals surface area contributed by atoms with Gasteiger partial charge in [0.1, 0.15) is 5.56 Å². The number of esters is 1. The fourth-order valence-electron chi connectivity index (χ4n) is 2.03. The summed E-state index contributed by atoms with van der Waals surface area (Å²) in [5.41, 5.74) is -2.69. The Bertz CT molecular complexity index is 902. The van der Waals surface area contributed by atoms with Crippen LogP contribution in [0.5, 0.6) is 0 Å². The molecule has 23 heavy (non-hydrogen) atoms. The lowest BCUT2D eigenvalue weighted by molar-refractivity contribution is -0.103. The van der Waals surface area contributed by atoms with Gasteiger partial charge >= 0.3 is 5.97 Å². The number of hydrogen-bond acceptors (Lipinski definition) is 4. The number of benzene rings is 1. The molecule has 1 aromatic heterocycles. The molecule has 0 aliphatic carbocycles. The van der Waals surface area contributed by atoms with Gasteiger partial charge in [-0.2, -0.15) is 0 Å². The van der Waals surface area contributed by atoms with Crippen molar-refractivity contribution in [1.29, 1.82) is 0 Å². The second-order valence-corrected chi connectivity index (χ2v) is 4.45. The monoisotopic (exact) mass is 325 g/mol. The van der Waals surface area contributed by atoms with Gasteiger partial charge < -0.3 is 9.30 Å². The highest BCUT2D eigenvalue weighted by Gasteiger charge is 2.23. The third-order valence-electron chi connectivity index (χ3n) is 3.07. The molecule has 1 heterocycles. The van der Waals surface area contributed by atoms with Gasteiger partial charge in [0.05, 0.1) is 23.2 Å². The van der Waals surface area contributed by atoms with Crippen molar-refractivity contribution in [2.75, 3.05) is 6.61 Å². The molecule has 0 aliphatic heterocycles. The fraction of sp³-hybridized carbons (Fsp3) is 0.133. The Morgan fingerprint density at radius 3 is 2.57 bits per heavy atom. The van der Waals surface area contributed by atoms with Crippen LogP contribution in [0.2, 0.25) is 0 Å². The third kappa shape index (κ3) is 2.63. The van der Waals surface area contributed by atoms with Crippen LogP contribution in [-0.2, 0) is 9.53 Å². The number of halogens is 3. The lowest BCUT2D eigenvalue weighted by atomic mass is 10.1. The number of allylic oxidation sites excluding steroid dienone is 1. The summed E-state index contributed by atoms with van der Waals surface area (Å²) >= 11 is 0. The van der Waals surface area contributed by atoms with Gasteiger partial charge in [-0.3, -0.25) is 9.59 Å². The summed E-state index contributed by atoms with van der Waals surface area (Å²) in [6.45, 7) is 4.77. The lowest BCUT2D eigenvalue weighted by Gasteiger charge is -2.13. The van der Waals surface area contributed by atoms with Gasteiger partial charge in [-0.1, -0.05) is 6.58 Å². The van der Waals surface area contributed by atoms with Crippen LogP contribution in [0.3, 0.4) is 0 Å². The first-order valence-electron chi connectivity index (χ1n) is 6.37. The molecule has 0 bridgehead atoms. The molecule has 0 aliphatic rings. The number of carbonyl (C=O) groups excluding carboxylic acids is 2. The summed E-state index contributed by atoms with van der Waals surface area (Å²) in [7, 11) is 0. The van der Waals surface area contributed by atoms with Crippen molar-refractivity contribution in [3.05, 3.63) is 52.1 Å². The van der Waals surface area contributed by atoms with E-state index in [1.54, 1.807) is 0 Å². The Kier molecular flexibility index (Phi) is 4.35. The first-order chi connectivity index (χ1) is 10.8. The molecular formula is C15H10F3NO4. The Hall–Kier alpha value is -2.90. The van der Waals surface area contributed by atoms with E-state index in [4.69, 9.17) is 0 Å². The summed E-state index contributed by atoms with van der Waals surface area (Å²) < 4.78 is 46.3. The molecule has 0 amide bonds. The van der Waals surface area contributed by atoms with Crippen molar-refractivity contribution >= 4 is 28.9 Å². The van der Waals surface area contributed by atoms with E-state index in [0.29, 0.717) is 10.6 Å². The first kappa shape index (κ1) is 16.5. The standard InChI is InChI=1S/C15H10F3NO4/c1-3-23-15(22)9-5-19(7(2)6-20)13-8(14(9)21)4-10(16)11(17)12(13)18/h4-6H,2-3H2,1H3. The molecular weight excluding hydrogens is 315 g/mol. The zero-order valence-corrected chi connectivity index (χ0v) is 11.9. The molecule has 120 valence electrons. The minimum Gasteiger partial charge on any atom is -0.462 e. The second kappa shape index (κ2) is 6.07. The van der Waals surface area contributed by atoms with Gasteiger partial charge in [0.2, 0.25) is 5.43 Å². The van der Waals surface area contributed by atoms with Crippen LogP contribution in [0.15, 0.2) is 23.6 Å². The topological polar surface area (TPSA) is 65.4 Å². The van der Waals surface area contributed by atoms with E-state index in [0.717, 1.165) is 6.20 Å². The zero-order chi connectivity index (χ0) is 17.3. The number of fused-ring (bicyclic) bond motifs is 1. The Balaban J connectivity index is 3.00. The van der Waals surface area contributed by atoms with Crippen LogP contribution < -0.4 is 5.43 Å². The van der Waals surface area contributed by atoms with Gasteiger partial charge in [0.25, 0.3) is 0 Å². The Morgan fingerprint density at radius 1 is 1.35 bits per heavy atom. The average Bonchev–Trinajstić information content (AvgIpc) is 2.53. The summed E-state index contributed by atoms with van der Waals surface area (Å²) in [5, 5.41) is -0.616. The van der Waals surface area contributed by atoms with Crippen molar-refractivity contribution in [2.45, 2.75) is 6.92 Å². The molecule has 5 nitrogen and oxygen atoms in total. The number of hydrogen-bond donors (Lipinski definition) is 0. The maximum absolute atomic E-state index is 14.0. The lowest BCUT2D eigenvalue weighted by Crippen LogP contribution is -2.22. The highest BCUT2D eigenvalue weighted by molar-refractivity contribution is 6.02. The van der Waals surface area contributed by atoms with E-state index in [-0.39, 0.29) is 18.6 Å². The molecule has 0 N–H and O–H groups in total. The molecule has 0 unspecified atom stereocenters. The predicted octanol–water partition coefficient (Wildman–Crippen LogP) is 2.27. The van der Waals surface area contributed by atoms with Crippen molar-refractivity contribution in [3.63, 3.8) is 0 Å². The van der Waals surface area contributed by atoms with Crippen molar-refractivity contribution in [2.24, 2.45) is 0 Å². The summed E-state index contributed by atoms with van der Waals surface area (Å²) in [6.07, 6.45) is 1.01. The minimum absolute atomic E-state index is 0.0446. The molecule has 1 aromatic carbocycles. The average molecular weight is 325 g/mol. The molecule has 0 atom stereocenters. The molecule has 0 saturated carbocycles. The molecule has 2 rings (SSSR count). The van der Waals surface area contributed by atoms with Crippen molar-refractivity contribution < 1.29 is 27.5 Å². The molecule has 8 heteroatoms. The summed E-state index contributed by atoms with van der Waals surface area (Å²) in [6, 6.07) is 0.452. The smallest absolute Gasteiger partial charge is 0.343 e. The quantitative estimate of drug-likeness (QED) is 0.374. The van der Waals surface area contributed by atoms with Gasteiger partial charge in [0.15, 0.2) is 23.7 Å². The molecule has 0 radical (unpaired) electrons. The Labute approximate surface area is 127 Å². The number of aldehydes is 1. The van der Waals surface area contributed by atoms with Crippen LogP contribution in [0.1, 0.15) is 17.3 Å². The first-order valence-corrected chi connectivity index (χ1v) is 6.37. The highest BCUT2D eigenvalue weighted by Crippen LogP contribution is 2.23. The normalized spacial score (nSPS) is 10.6. The number of aromatic nitrogens is 1. The van der Waals surface area contributed by atoms with E-state index in [1.807, 2.05) is 0 Å². The van der Waals surface area contributed by atoms with E-state index in [1.165, 1.54) is 6.92 Å². The minimum atomic E-state index is -1.81. The van der Waals surface area contributed by atoms with Gasteiger partial charge in [-0.15, -0.1) is 0 Å². The van der Waals surface area contributed by atoms with E-state index in [2.05, 4.69) is 11.3 Å². The zero-order valence-electron chi connectivity index (χ0n) is 11.9. The van der Waals surface area contributed by atoms with Gasteiger partial charge in [0, 0.05) is 6.20 Å². The van der Waals surface area contributed by atoms with Crippen LogP contribution in [0.4, 0.5) is 13.2 Å². The number of ether oxygens (including phenoxy) is 1. The summed E-state index contributed by atoms with van der Waals surface area (Å²) in [4.78, 5) is 34.9. The largest absolute Gasteiger partial charge is 0.462 e. The van der Waals surface area contributed by atoms with E-state index >= 15 is 0 Å². The number of rotatable bonds is 4. The molecule has 0 saturated heterocycles. The highest BCUT2D eigenvalue weighted by atomic mass is 19.2. The molecule has 0 fully saturated rings. The predicted molar refractivity (Wildman–Crippen MR) is 75.4 cm³/mol. The maximum atomic E-state index is 14.0. The van der Waals surface area contributed by atoms with Crippen LogP contribution in [0, 0.1) is 17.5 Å². The fourth-order valence-corrected chi connectivity index (χ4v) is 2.03. The number of pyridine rings is 1. The second-order valence-electron chi connectivity index (χ2n) is 4.45. The molecule has 2 aromatic rings. The van der Waals surface area contributed by atoms with E-state index in [9.17, 15) is 27.6 Å². The van der Waals surface area contributed by atoms with Crippen LogP contribution in [-0.4, -0.2) is 23.4 Å². The van der Waals surface area contributed by atoms with Crippen molar-refractivity contribution in [3.8, 4) is 0 Å². The van der Waals surface area contributed by atoms with Gasteiger partial charge in [-0.05, 0) is 13.0 Å². The van der Waals surface area contributed by atoms with Crippen LogP contribution >= 0.6 is 0 Å². The number of carbonyl (C=O) groups is 2. The Morgan fingerprint density at radius 2 is 2.00 bits per heavy atom. The maximum Gasteiger partial charge on any atom is 0.343 e. The van der Waals surface area contributed by atoms with Crippen molar-refractivity contribution in [1.82, 2.24) is 4.57 Å². The number of nitrogens with zero attached hydrogens (tertiary/aromatic N) is 1. The summed E-state index contributed by atoms with van der Waals surface area (Å²) in [5.74, 6) is -6.13. The SMILES string of the molecule is C=C(C=O)n1cc(C(=O)OCC)c(=O)c2cc(F)c(F)c(F)c21. The van der Waals surface area contributed by atoms with E-state index < -0.39 is 45.3 Å². The molecule has 0 spiro atoms.